The Labute approximate surface area is 76.5 Å². The van der Waals surface area contributed by atoms with Crippen LogP contribution in [0.1, 0.15) is 13.8 Å². The number of esters is 1. The SMILES string of the molecule is CC(=O)OCC1=C(C(C)=O)COC1. The molecule has 1 heterocycles. The third kappa shape index (κ3) is 2.66. The molecule has 0 aromatic carbocycles. The van der Waals surface area contributed by atoms with Crippen molar-refractivity contribution >= 4 is 11.8 Å². The summed E-state index contributed by atoms with van der Waals surface area (Å²) in [4.78, 5) is 21.5. The standard InChI is InChI=1S/C9H12O4/c1-6(10)9-5-12-3-8(9)4-13-7(2)11/h3-5H2,1-2H3. The maximum absolute atomic E-state index is 11.0. The van der Waals surface area contributed by atoms with E-state index in [9.17, 15) is 9.59 Å². The second-order valence-electron chi connectivity index (χ2n) is 2.91. The van der Waals surface area contributed by atoms with Crippen LogP contribution >= 0.6 is 0 Å². The molecule has 0 unspecified atom stereocenters. The number of hydrogen-bond acceptors (Lipinski definition) is 4. The molecule has 0 spiro atoms. The average molecular weight is 184 g/mol. The highest BCUT2D eigenvalue weighted by Gasteiger charge is 2.18. The van der Waals surface area contributed by atoms with Gasteiger partial charge < -0.3 is 9.47 Å². The minimum atomic E-state index is -0.345. The van der Waals surface area contributed by atoms with E-state index < -0.39 is 0 Å². The lowest BCUT2D eigenvalue weighted by atomic mass is 10.1. The molecule has 0 aliphatic carbocycles. The van der Waals surface area contributed by atoms with E-state index in [-0.39, 0.29) is 18.4 Å². The smallest absolute Gasteiger partial charge is 0.302 e. The Balaban J connectivity index is 2.60. The van der Waals surface area contributed by atoms with E-state index in [1.165, 1.54) is 13.8 Å². The Hall–Kier alpha value is -1.16. The Kier molecular flexibility index (Phi) is 3.19. The van der Waals surface area contributed by atoms with Crippen molar-refractivity contribution in [2.45, 2.75) is 13.8 Å². The van der Waals surface area contributed by atoms with Gasteiger partial charge in [-0.1, -0.05) is 0 Å². The summed E-state index contributed by atoms with van der Waals surface area (Å²) in [5.41, 5.74) is 1.42. The predicted molar refractivity (Wildman–Crippen MR) is 45.2 cm³/mol. The average Bonchev–Trinajstić information content (AvgIpc) is 2.47. The molecule has 1 aliphatic heterocycles. The monoisotopic (exact) mass is 184 g/mol. The number of carbonyl (C=O) groups is 2. The lowest BCUT2D eigenvalue weighted by molar-refractivity contribution is -0.140. The number of carbonyl (C=O) groups excluding carboxylic acids is 2. The molecule has 4 nitrogen and oxygen atoms in total. The summed E-state index contributed by atoms with van der Waals surface area (Å²) in [5.74, 6) is -0.359. The molecular weight excluding hydrogens is 172 g/mol. The first kappa shape index (κ1) is 9.92. The minimum Gasteiger partial charge on any atom is -0.461 e. The number of Topliss-reactive ketones (excluding diaryl/α,β-unsaturated/α-hetero) is 1. The van der Waals surface area contributed by atoms with Gasteiger partial charge in [0, 0.05) is 18.1 Å². The van der Waals surface area contributed by atoms with Crippen molar-refractivity contribution in [2.75, 3.05) is 19.8 Å². The van der Waals surface area contributed by atoms with Gasteiger partial charge in [0.1, 0.15) is 6.61 Å². The summed E-state index contributed by atoms with van der Waals surface area (Å²) in [5, 5.41) is 0. The predicted octanol–water partition coefficient (Wildman–Crippen LogP) is 0.465. The third-order valence-electron chi connectivity index (χ3n) is 1.82. The molecule has 0 saturated carbocycles. The van der Waals surface area contributed by atoms with E-state index in [0.29, 0.717) is 18.8 Å². The van der Waals surface area contributed by atoms with Crippen LogP contribution in [0, 0.1) is 0 Å². The Bertz CT molecular complexity index is 265. The second kappa shape index (κ2) is 4.18. The first-order valence-electron chi connectivity index (χ1n) is 4.04. The topological polar surface area (TPSA) is 52.6 Å². The van der Waals surface area contributed by atoms with Gasteiger partial charge in [-0.2, -0.15) is 0 Å². The van der Waals surface area contributed by atoms with Gasteiger partial charge in [0.25, 0.3) is 0 Å². The number of hydrogen-bond donors (Lipinski definition) is 0. The van der Waals surface area contributed by atoms with Gasteiger partial charge >= 0.3 is 5.97 Å². The van der Waals surface area contributed by atoms with Crippen LogP contribution in [0.15, 0.2) is 11.1 Å². The highest BCUT2D eigenvalue weighted by atomic mass is 16.5. The molecule has 0 bridgehead atoms. The lowest BCUT2D eigenvalue weighted by Gasteiger charge is -2.02. The first-order valence-corrected chi connectivity index (χ1v) is 4.04. The largest absolute Gasteiger partial charge is 0.461 e. The summed E-state index contributed by atoms with van der Waals surface area (Å²) in [6, 6.07) is 0. The van der Waals surface area contributed by atoms with E-state index in [0.717, 1.165) is 5.57 Å². The fourth-order valence-corrected chi connectivity index (χ4v) is 1.13. The molecule has 0 N–H and O–H groups in total. The summed E-state index contributed by atoms with van der Waals surface area (Å²) in [7, 11) is 0. The molecule has 0 fully saturated rings. The van der Waals surface area contributed by atoms with Gasteiger partial charge in [0.2, 0.25) is 0 Å². The van der Waals surface area contributed by atoms with Crippen LogP contribution < -0.4 is 0 Å². The molecule has 4 heteroatoms. The minimum absolute atomic E-state index is 0.0142. The maximum Gasteiger partial charge on any atom is 0.302 e. The first-order chi connectivity index (χ1) is 6.11. The summed E-state index contributed by atoms with van der Waals surface area (Å²) >= 11 is 0. The van der Waals surface area contributed by atoms with Crippen molar-refractivity contribution in [1.29, 1.82) is 0 Å². The molecule has 0 radical (unpaired) electrons. The van der Waals surface area contributed by atoms with Crippen molar-refractivity contribution in [3.05, 3.63) is 11.1 Å². The summed E-state index contributed by atoms with van der Waals surface area (Å²) < 4.78 is 9.85. The van der Waals surface area contributed by atoms with Crippen LogP contribution in [0.3, 0.4) is 0 Å². The summed E-state index contributed by atoms with van der Waals surface area (Å²) in [6.07, 6.45) is 0. The zero-order chi connectivity index (χ0) is 9.84. The highest BCUT2D eigenvalue weighted by Crippen LogP contribution is 2.15. The van der Waals surface area contributed by atoms with Crippen LogP contribution in [-0.2, 0) is 19.1 Å². The van der Waals surface area contributed by atoms with Crippen molar-refractivity contribution in [2.24, 2.45) is 0 Å². The Morgan fingerprint density at radius 2 is 2.08 bits per heavy atom. The Morgan fingerprint density at radius 1 is 1.38 bits per heavy atom. The molecule has 0 aromatic rings. The molecular formula is C9H12O4. The van der Waals surface area contributed by atoms with Gasteiger partial charge in [-0.25, -0.2) is 0 Å². The van der Waals surface area contributed by atoms with Crippen LogP contribution in [0.4, 0.5) is 0 Å². The second-order valence-corrected chi connectivity index (χ2v) is 2.91. The van der Waals surface area contributed by atoms with E-state index in [2.05, 4.69) is 0 Å². The molecule has 0 atom stereocenters. The van der Waals surface area contributed by atoms with Crippen molar-refractivity contribution in [3.63, 3.8) is 0 Å². The van der Waals surface area contributed by atoms with Crippen molar-refractivity contribution in [1.82, 2.24) is 0 Å². The van der Waals surface area contributed by atoms with Gasteiger partial charge in [0.15, 0.2) is 5.78 Å². The third-order valence-corrected chi connectivity index (χ3v) is 1.82. The molecule has 0 amide bonds. The van der Waals surface area contributed by atoms with E-state index >= 15 is 0 Å². The normalized spacial score (nSPS) is 16.2. The summed E-state index contributed by atoms with van der Waals surface area (Å²) in [6.45, 7) is 3.72. The number of ether oxygens (including phenoxy) is 2. The van der Waals surface area contributed by atoms with Crippen molar-refractivity contribution < 1.29 is 19.1 Å². The van der Waals surface area contributed by atoms with Crippen molar-refractivity contribution in [3.8, 4) is 0 Å². The van der Waals surface area contributed by atoms with Gasteiger partial charge in [-0.15, -0.1) is 0 Å². The zero-order valence-corrected chi connectivity index (χ0v) is 7.75. The highest BCUT2D eigenvalue weighted by molar-refractivity contribution is 5.94. The van der Waals surface area contributed by atoms with Gasteiger partial charge in [-0.05, 0) is 6.92 Å². The van der Waals surface area contributed by atoms with Crippen LogP contribution in [0.5, 0.6) is 0 Å². The van der Waals surface area contributed by atoms with Crippen LogP contribution in [-0.4, -0.2) is 31.6 Å². The van der Waals surface area contributed by atoms with Crippen LogP contribution in [0.2, 0.25) is 0 Å². The van der Waals surface area contributed by atoms with E-state index in [4.69, 9.17) is 9.47 Å². The maximum atomic E-state index is 11.0. The quantitative estimate of drug-likeness (QED) is 0.598. The van der Waals surface area contributed by atoms with E-state index in [1.54, 1.807) is 0 Å². The lowest BCUT2D eigenvalue weighted by Crippen LogP contribution is -2.07. The van der Waals surface area contributed by atoms with Gasteiger partial charge in [0.05, 0.1) is 13.2 Å². The molecule has 72 valence electrons. The Morgan fingerprint density at radius 3 is 2.62 bits per heavy atom. The molecule has 1 rings (SSSR count). The molecule has 0 aromatic heterocycles. The molecule has 1 aliphatic rings. The fraction of sp³-hybridized carbons (Fsp3) is 0.556. The molecule has 13 heavy (non-hydrogen) atoms. The van der Waals surface area contributed by atoms with E-state index in [1.807, 2.05) is 0 Å². The zero-order valence-electron chi connectivity index (χ0n) is 7.75. The van der Waals surface area contributed by atoms with Crippen LogP contribution in [0.25, 0.3) is 0 Å². The number of rotatable bonds is 3. The number of ketones is 1. The molecule has 0 saturated heterocycles. The van der Waals surface area contributed by atoms with Gasteiger partial charge in [-0.3, -0.25) is 9.59 Å². The fourth-order valence-electron chi connectivity index (χ4n) is 1.13.